The van der Waals surface area contributed by atoms with Gasteiger partial charge in [-0.25, -0.2) is 0 Å². The van der Waals surface area contributed by atoms with Gasteiger partial charge >= 0.3 is 6.61 Å². The number of hydrogen-bond acceptors (Lipinski definition) is 2. The number of benzene rings is 2. The lowest BCUT2D eigenvalue weighted by molar-refractivity contribution is -0.147. The van der Waals surface area contributed by atoms with Gasteiger partial charge in [-0.2, -0.15) is 8.78 Å². The molecule has 0 aromatic heterocycles. The molecule has 0 heterocycles. The van der Waals surface area contributed by atoms with E-state index in [0.29, 0.717) is 13.0 Å². The zero-order chi connectivity index (χ0) is 19.1. The lowest BCUT2D eigenvalue weighted by atomic mass is 9.75. The van der Waals surface area contributed by atoms with Crippen molar-refractivity contribution in [1.82, 2.24) is 0 Å². The molecule has 0 aliphatic heterocycles. The van der Waals surface area contributed by atoms with Gasteiger partial charge in [0.25, 0.3) is 0 Å². The molecule has 0 fully saturated rings. The first-order chi connectivity index (χ1) is 13.1. The fraction of sp³-hybridized carbons (Fsp3) is 0.304. The number of hydrogen-bond donors (Lipinski definition) is 1. The number of nitrogens with two attached hydrogens (primary N) is 1. The van der Waals surface area contributed by atoms with Gasteiger partial charge in [0.15, 0.2) is 0 Å². The van der Waals surface area contributed by atoms with Crippen molar-refractivity contribution >= 4 is 5.57 Å². The summed E-state index contributed by atoms with van der Waals surface area (Å²) in [5, 5.41) is 0. The zero-order valence-electron chi connectivity index (χ0n) is 15.3. The average Bonchev–Trinajstić information content (AvgIpc) is 2.72. The smallest absolute Gasteiger partial charge is 0.326 e. The largest absolute Gasteiger partial charge is 0.345 e. The normalized spacial score (nSPS) is 19.3. The lowest BCUT2D eigenvalue weighted by Crippen LogP contribution is -2.28. The summed E-state index contributed by atoms with van der Waals surface area (Å²) < 4.78 is 30.1. The van der Waals surface area contributed by atoms with Crippen molar-refractivity contribution in [2.75, 3.05) is 6.61 Å². The van der Waals surface area contributed by atoms with Gasteiger partial charge in [0, 0.05) is 12.0 Å². The molecule has 4 heteroatoms. The second-order valence-electron chi connectivity index (χ2n) is 7.02. The van der Waals surface area contributed by atoms with Crippen LogP contribution in [-0.2, 0) is 17.7 Å². The van der Waals surface area contributed by atoms with Crippen LogP contribution in [0.4, 0.5) is 8.78 Å². The third-order valence-electron chi connectivity index (χ3n) is 5.12. The van der Waals surface area contributed by atoms with Gasteiger partial charge in [0.1, 0.15) is 0 Å². The number of ether oxygens (including phenoxy) is 1. The Morgan fingerprint density at radius 3 is 2.30 bits per heavy atom. The van der Waals surface area contributed by atoms with Gasteiger partial charge in [-0.3, -0.25) is 0 Å². The molecule has 0 bridgehead atoms. The summed E-state index contributed by atoms with van der Waals surface area (Å²) in [6.07, 6.45) is 8.44. The molecular formula is C23H25F2NO. The molecule has 1 aliphatic rings. The van der Waals surface area contributed by atoms with E-state index in [0.717, 1.165) is 29.5 Å². The molecule has 3 rings (SSSR count). The average molecular weight is 369 g/mol. The van der Waals surface area contributed by atoms with Crippen molar-refractivity contribution in [2.45, 2.75) is 32.4 Å². The quantitative estimate of drug-likeness (QED) is 0.681. The minimum Gasteiger partial charge on any atom is -0.326 e. The van der Waals surface area contributed by atoms with Crippen molar-refractivity contribution in [3.05, 3.63) is 89.5 Å². The topological polar surface area (TPSA) is 35.2 Å². The first-order valence-electron chi connectivity index (χ1n) is 9.23. The molecule has 142 valence electrons. The first-order valence-corrected chi connectivity index (χ1v) is 9.23. The summed E-state index contributed by atoms with van der Waals surface area (Å²) in [4.78, 5) is 0. The Hall–Kier alpha value is -2.30. The molecule has 1 unspecified atom stereocenters. The van der Waals surface area contributed by atoms with E-state index in [1.54, 1.807) is 0 Å². The zero-order valence-corrected chi connectivity index (χ0v) is 15.3. The van der Waals surface area contributed by atoms with Crippen LogP contribution in [0.3, 0.4) is 0 Å². The number of allylic oxidation sites excluding steroid dienone is 3. The van der Waals surface area contributed by atoms with Crippen LogP contribution < -0.4 is 5.73 Å². The van der Waals surface area contributed by atoms with Gasteiger partial charge in [0.2, 0.25) is 0 Å². The van der Waals surface area contributed by atoms with E-state index in [1.165, 1.54) is 5.56 Å². The van der Waals surface area contributed by atoms with Gasteiger partial charge in [-0.15, -0.1) is 0 Å². The molecule has 2 aromatic carbocycles. The van der Waals surface area contributed by atoms with E-state index < -0.39 is 12.0 Å². The maximum absolute atomic E-state index is 12.7. The maximum Gasteiger partial charge on any atom is 0.345 e. The third-order valence-corrected chi connectivity index (χ3v) is 5.12. The fourth-order valence-electron chi connectivity index (χ4n) is 3.39. The highest BCUT2D eigenvalue weighted by atomic mass is 19.3. The molecule has 0 radical (unpaired) electrons. The second-order valence-corrected chi connectivity index (χ2v) is 7.02. The highest BCUT2D eigenvalue weighted by molar-refractivity contribution is 5.75. The molecule has 0 saturated heterocycles. The molecule has 27 heavy (non-hydrogen) atoms. The Bertz CT molecular complexity index is 784. The standard InChI is InChI=1S/C23H25F2NO/c24-22(25)27-17-23(13-10-18-6-8-19(16-26)9-7-18)14-11-21(12-15-23)20-4-2-1-3-5-20/h1-9,11-12,14,22H,10,13,15-17,26H2. The highest BCUT2D eigenvalue weighted by Gasteiger charge is 2.30. The van der Waals surface area contributed by atoms with E-state index in [4.69, 9.17) is 10.5 Å². The van der Waals surface area contributed by atoms with E-state index in [1.807, 2.05) is 42.5 Å². The number of alkyl halides is 2. The van der Waals surface area contributed by atoms with E-state index in [2.05, 4.69) is 30.3 Å². The van der Waals surface area contributed by atoms with Crippen molar-refractivity contribution in [3.63, 3.8) is 0 Å². The minimum atomic E-state index is -2.75. The summed E-state index contributed by atoms with van der Waals surface area (Å²) in [6.45, 7) is -2.22. The Kier molecular flexibility index (Phi) is 6.54. The molecule has 1 aliphatic carbocycles. The maximum atomic E-state index is 12.7. The van der Waals surface area contributed by atoms with Crippen LogP contribution in [0.15, 0.2) is 72.8 Å². The van der Waals surface area contributed by atoms with E-state index >= 15 is 0 Å². The predicted molar refractivity (Wildman–Crippen MR) is 105 cm³/mol. The van der Waals surface area contributed by atoms with Gasteiger partial charge in [0.05, 0.1) is 6.61 Å². The molecule has 2 N–H and O–H groups in total. The van der Waals surface area contributed by atoms with Crippen LogP contribution >= 0.6 is 0 Å². The van der Waals surface area contributed by atoms with Crippen LogP contribution in [0.2, 0.25) is 0 Å². The summed E-state index contributed by atoms with van der Waals surface area (Å²) in [7, 11) is 0. The van der Waals surface area contributed by atoms with Crippen LogP contribution in [-0.4, -0.2) is 13.2 Å². The molecular weight excluding hydrogens is 344 g/mol. The van der Waals surface area contributed by atoms with Crippen molar-refractivity contribution < 1.29 is 13.5 Å². The molecule has 2 nitrogen and oxygen atoms in total. The number of aryl methyl sites for hydroxylation is 1. The van der Waals surface area contributed by atoms with Crippen molar-refractivity contribution in [1.29, 1.82) is 0 Å². The third kappa shape index (κ3) is 5.34. The molecule has 2 aromatic rings. The Morgan fingerprint density at radius 1 is 1.00 bits per heavy atom. The van der Waals surface area contributed by atoms with E-state index in [9.17, 15) is 8.78 Å². The summed E-state index contributed by atoms with van der Waals surface area (Å²) in [5.41, 5.74) is 9.74. The molecule has 0 saturated carbocycles. The summed E-state index contributed by atoms with van der Waals surface area (Å²) in [6, 6.07) is 18.2. The Morgan fingerprint density at radius 2 is 1.70 bits per heavy atom. The predicted octanol–water partition coefficient (Wildman–Crippen LogP) is 5.35. The van der Waals surface area contributed by atoms with Crippen LogP contribution in [0.1, 0.15) is 29.5 Å². The monoisotopic (exact) mass is 369 g/mol. The Labute approximate surface area is 159 Å². The van der Waals surface area contributed by atoms with Crippen molar-refractivity contribution in [3.8, 4) is 0 Å². The van der Waals surface area contributed by atoms with E-state index in [-0.39, 0.29) is 6.61 Å². The summed E-state index contributed by atoms with van der Waals surface area (Å²) in [5.74, 6) is 0. The SMILES string of the molecule is NCc1ccc(CCC2(COC(F)F)C=CC(c3ccccc3)=CC2)cc1. The van der Waals surface area contributed by atoms with Gasteiger partial charge in [-0.1, -0.05) is 72.8 Å². The van der Waals surface area contributed by atoms with Gasteiger partial charge < -0.3 is 10.5 Å². The van der Waals surface area contributed by atoms with Crippen LogP contribution in [0.25, 0.3) is 5.57 Å². The molecule has 0 amide bonds. The minimum absolute atomic E-state index is 0.0145. The number of rotatable bonds is 8. The first kappa shape index (κ1) is 19.5. The van der Waals surface area contributed by atoms with Crippen LogP contribution in [0.5, 0.6) is 0 Å². The highest BCUT2D eigenvalue weighted by Crippen LogP contribution is 2.38. The van der Waals surface area contributed by atoms with Crippen LogP contribution in [0, 0.1) is 5.41 Å². The van der Waals surface area contributed by atoms with Gasteiger partial charge in [-0.05, 0) is 41.5 Å². The Balaban J connectivity index is 1.71. The molecule has 1 atom stereocenters. The second kappa shape index (κ2) is 9.07. The van der Waals surface area contributed by atoms with Crippen molar-refractivity contribution in [2.24, 2.45) is 11.1 Å². The lowest BCUT2D eigenvalue weighted by Gasteiger charge is -2.32. The fourth-order valence-corrected chi connectivity index (χ4v) is 3.39. The number of halogens is 2. The summed E-state index contributed by atoms with van der Waals surface area (Å²) >= 11 is 0. The molecule has 0 spiro atoms.